The summed E-state index contributed by atoms with van der Waals surface area (Å²) in [5, 5.41) is 2.59. The molecule has 0 unspecified atom stereocenters. The molecule has 2 aromatic carbocycles. The topological polar surface area (TPSA) is 120 Å². The first-order valence-corrected chi connectivity index (χ1v) is 9.22. The van der Waals surface area contributed by atoms with Crippen LogP contribution >= 0.6 is 0 Å². The Morgan fingerprint density at radius 3 is 2.29 bits per heavy atom. The minimum Gasteiger partial charge on any atom is -0.449 e. The molecule has 0 saturated heterocycles. The molecule has 7 heteroatoms. The summed E-state index contributed by atoms with van der Waals surface area (Å²) in [7, 11) is 0. The molecule has 2 aromatic rings. The Kier molecular flexibility index (Phi) is 6.26. The maximum absolute atomic E-state index is 12.2. The van der Waals surface area contributed by atoms with E-state index in [-0.39, 0.29) is 18.5 Å². The molecule has 5 N–H and O–H groups in total. The molecule has 0 spiro atoms. The van der Waals surface area contributed by atoms with Gasteiger partial charge in [-0.15, -0.1) is 0 Å². The van der Waals surface area contributed by atoms with Crippen LogP contribution in [0.25, 0.3) is 11.1 Å². The van der Waals surface area contributed by atoms with E-state index in [4.69, 9.17) is 16.2 Å². The number of aldehydes is 1. The molecule has 0 heterocycles. The molecule has 0 aromatic heterocycles. The van der Waals surface area contributed by atoms with E-state index in [1.54, 1.807) is 0 Å². The molecule has 1 atom stereocenters. The summed E-state index contributed by atoms with van der Waals surface area (Å²) in [6, 6.07) is 15.6. The number of nitrogens with two attached hydrogens (primary N) is 2. The van der Waals surface area contributed by atoms with Gasteiger partial charge in [-0.25, -0.2) is 4.79 Å². The summed E-state index contributed by atoms with van der Waals surface area (Å²) in [5.41, 5.74) is 15.1. The van der Waals surface area contributed by atoms with Crippen LogP contribution in [0.5, 0.6) is 0 Å². The molecule has 0 fully saturated rings. The number of hydrogen-bond donors (Lipinski definition) is 3. The number of fused-ring (bicyclic) bond motifs is 3. The van der Waals surface area contributed by atoms with Crippen LogP contribution in [-0.4, -0.2) is 37.5 Å². The first-order chi connectivity index (χ1) is 13.6. The second kappa shape index (κ2) is 9.03. The highest BCUT2D eigenvalue weighted by Crippen LogP contribution is 2.44. The van der Waals surface area contributed by atoms with Gasteiger partial charge in [0, 0.05) is 12.5 Å². The van der Waals surface area contributed by atoms with Gasteiger partial charge in [0.05, 0.1) is 6.04 Å². The Hall–Kier alpha value is -3.35. The SMILES string of the molecule is NC(N)=NCCC[C@@H](C=O)NC(=O)OCC1c2ccccc2-c2ccccc21. The van der Waals surface area contributed by atoms with E-state index in [2.05, 4.69) is 34.6 Å². The Labute approximate surface area is 163 Å². The number of guanidine groups is 1. The highest BCUT2D eigenvalue weighted by Gasteiger charge is 2.29. The van der Waals surface area contributed by atoms with Crippen molar-refractivity contribution in [3.05, 3.63) is 59.7 Å². The van der Waals surface area contributed by atoms with Crippen LogP contribution in [0.2, 0.25) is 0 Å². The van der Waals surface area contributed by atoms with E-state index >= 15 is 0 Å². The largest absolute Gasteiger partial charge is 0.449 e. The zero-order chi connectivity index (χ0) is 19.9. The molecule has 28 heavy (non-hydrogen) atoms. The molecule has 146 valence electrons. The van der Waals surface area contributed by atoms with E-state index in [1.165, 1.54) is 0 Å². The van der Waals surface area contributed by atoms with Crippen LogP contribution in [0.15, 0.2) is 53.5 Å². The molecular formula is C21H24N4O3. The molecule has 0 saturated carbocycles. The van der Waals surface area contributed by atoms with Crippen LogP contribution in [-0.2, 0) is 9.53 Å². The first kappa shape index (κ1) is 19.4. The molecule has 1 aliphatic carbocycles. The number of carbonyl (C=O) groups excluding carboxylic acids is 2. The lowest BCUT2D eigenvalue weighted by Gasteiger charge is -2.16. The van der Waals surface area contributed by atoms with Gasteiger partial charge in [-0.05, 0) is 35.1 Å². The number of hydrogen-bond acceptors (Lipinski definition) is 4. The molecule has 1 amide bonds. The van der Waals surface area contributed by atoms with Gasteiger partial charge in [0.2, 0.25) is 0 Å². The normalized spacial score (nSPS) is 13.1. The van der Waals surface area contributed by atoms with Crippen molar-refractivity contribution in [3.8, 4) is 11.1 Å². The predicted octanol–water partition coefficient (Wildman–Crippen LogP) is 2.15. The number of carbonyl (C=O) groups is 2. The van der Waals surface area contributed by atoms with E-state index < -0.39 is 12.1 Å². The number of aliphatic imine (C=N–C) groups is 1. The summed E-state index contributed by atoms with van der Waals surface area (Å²) >= 11 is 0. The molecule has 7 nitrogen and oxygen atoms in total. The van der Waals surface area contributed by atoms with Crippen LogP contribution in [0.4, 0.5) is 4.79 Å². The average Bonchev–Trinajstić information content (AvgIpc) is 3.02. The fourth-order valence-electron chi connectivity index (χ4n) is 3.49. The van der Waals surface area contributed by atoms with Crippen LogP contribution in [0, 0.1) is 0 Å². The molecule has 0 radical (unpaired) electrons. The smallest absolute Gasteiger partial charge is 0.407 e. The lowest BCUT2D eigenvalue weighted by molar-refractivity contribution is -0.109. The van der Waals surface area contributed by atoms with Gasteiger partial charge in [0.15, 0.2) is 5.96 Å². The summed E-state index contributed by atoms with van der Waals surface area (Å²) in [6.45, 7) is 0.610. The van der Waals surface area contributed by atoms with Gasteiger partial charge in [0.25, 0.3) is 0 Å². The van der Waals surface area contributed by atoms with Gasteiger partial charge < -0.3 is 26.3 Å². The van der Waals surface area contributed by atoms with E-state index in [0.29, 0.717) is 25.7 Å². The summed E-state index contributed by atoms with van der Waals surface area (Å²) in [4.78, 5) is 27.2. The Morgan fingerprint density at radius 1 is 1.11 bits per heavy atom. The maximum atomic E-state index is 12.2. The maximum Gasteiger partial charge on any atom is 0.407 e. The number of nitrogens with one attached hydrogen (secondary N) is 1. The number of alkyl carbamates (subject to hydrolysis) is 1. The van der Waals surface area contributed by atoms with E-state index in [9.17, 15) is 9.59 Å². The fraction of sp³-hybridized carbons (Fsp3) is 0.286. The van der Waals surface area contributed by atoms with Gasteiger partial charge >= 0.3 is 6.09 Å². The number of ether oxygens (including phenoxy) is 1. The molecule has 0 bridgehead atoms. The van der Waals surface area contributed by atoms with Crippen molar-refractivity contribution in [3.63, 3.8) is 0 Å². The van der Waals surface area contributed by atoms with Crippen molar-refractivity contribution in [1.29, 1.82) is 0 Å². The Bertz CT molecular complexity index is 832. The number of benzene rings is 2. The van der Waals surface area contributed by atoms with Crippen molar-refractivity contribution in [1.82, 2.24) is 5.32 Å². The summed E-state index contributed by atoms with van der Waals surface area (Å²) in [5.74, 6) is -0.0122. The third-order valence-electron chi connectivity index (χ3n) is 4.78. The number of nitrogens with zero attached hydrogens (tertiary/aromatic N) is 1. The standard InChI is InChI=1S/C21H24N4O3/c22-20(23)24-11-5-6-14(12-26)25-21(27)28-13-19-17-9-3-1-7-15(17)16-8-2-4-10-18(16)19/h1-4,7-10,12,14,19H,5-6,11,13H2,(H,25,27)(H4,22,23,24)/t14-/m0/s1. The zero-order valence-electron chi connectivity index (χ0n) is 15.5. The van der Waals surface area contributed by atoms with Crippen LogP contribution in [0.3, 0.4) is 0 Å². The zero-order valence-corrected chi connectivity index (χ0v) is 15.5. The van der Waals surface area contributed by atoms with Crippen molar-refractivity contribution in [2.75, 3.05) is 13.2 Å². The van der Waals surface area contributed by atoms with Gasteiger partial charge in [-0.3, -0.25) is 4.99 Å². The highest BCUT2D eigenvalue weighted by molar-refractivity contribution is 5.79. The molecular weight excluding hydrogens is 356 g/mol. The third-order valence-corrected chi connectivity index (χ3v) is 4.78. The monoisotopic (exact) mass is 380 g/mol. The fourth-order valence-corrected chi connectivity index (χ4v) is 3.49. The van der Waals surface area contributed by atoms with Crippen molar-refractivity contribution < 1.29 is 14.3 Å². The predicted molar refractivity (Wildman–Crippen MR) is 108 cm³/mol. The quantitative estimate of drug-likeness (QED) is 0.280. The lowest BCUT2D eigenvalue weighted by atomic mass is 9.98. The van der Waals surface area contributed by atoms with Crippen LogP contribution in [0.1, 0.15) is 29.9 Å². The molecule has 1 aliphatic rings. The molecule has 3 rings (SSSR count). The minimum absolute atomic E-state index is 0.00662. The average molecular weight is 380 g/mol. The lowest BCUT2D eigenvalue weighted by Crippen LogP contribution is -2.37. The second-order valence-corrected chi connectivity index (χ2v) is 6.66. The van der Waals surface area contributed by atoms with Crippen LogP contribution < -0.4 is 16.8 Å². The van der Waals surface area contributed by atoms with Gasteiger partial charge in [0.1, 0.15) is 12.9 Å². The number of rotatable bonds is 8. The third kappa shape index (κ3) is 4.49. The highest BCUT2D eigenvalue weighted by atomic mass is 16.5. The Morgan fingerprint density at radius 2 is 1.71 bits per heavy atom. The van der Waals surface area contributed by atoms with Crippen molar-refractivity contribution >= 4 is 18.3 Å². The Balaban J connectivity index is 1.57. The second-order valence-electron chi connectivity index (χ2n) is 6.66. The summed E-state index contributed by atoms with van der Waals surface area (Å²) in [6.07, 6.45) is 1.09. The van der Waals surface area contributed by atoms with Crippen molar-refractivity contribution in [2.24, 2.45) is 16.5 Å². The first-order valence-electron chi connectivity index (χ1n) is 9.22. The van der Waals surface area contributed by atoms with Gasteiger partial charge in [-0.1, -0.05) is 48.5 Å². The van der Waals surface area contributed by atoms with E-state index in [1.807, 2.05) is 24.3 Å². The number of amides is 1. The van der Waals surface area contributed by atoms with Gasteiger partial charge in [-0.2, -0.15) is 0 Å². The molecule has 0 aliphatic heterocycles. The van der Waals surface area contributed by atoms with Crippen molar-refractivity contribution in [2.45, 2.75) is 24.8 Å². The minimum atomic E-state index is -0.634. The van der Waals surface area contributed by atoms with E-state index in [0.717, 1.165) is 22.3 Å². The summed E-state index contributed by atoms with van der Waals surface area (Å²) < 4.78 is 5.44.